The molecule has 1 atom stereocenters. The average molecular weight is 351 g/mol. The molecule has 0 saturated heterocycles. The van der Waals surface area contributed by atoms with Crippen molar-refractivity contribution in [3.63, 3.8) is 0 Å². The van der Waals surface area contributed by atoms with Crippen LogP contribution in [0, 0.1) is 0 Å². The van der Waals surface area contributed by atoms with Gasteiger partial charge in [0.1, 0.15) is 11.8 Å². The topological polar surface area (TPSA) is 45.8 Å². The monoisotopic (exact) mass is 350 g/mol. The Morgan fingerprint density at radius 2 is 1.80 bits per heavy atom. The van der Waals surface area contributed by atoms with Crippen LogP contribution in [0.15, 0.2) is 82.5 Å². The van der Waals surface area contributed by atoms with Gasteiger partial charge in [-0.05, 0) is 42.0 Å². The van der Waals surface area contributed by atoms with E-state index in [1.54, 1.807) is 18.4 Å². The molecule has 124 valence electrons. The lowest BCUT2D eigenvalue weighted by molar-refractivity contribution is 0.0693. The van der Waals surface area contributed by atoms with Crippen LogP contribution in [0.2, 0.25) is 5.02 Å². The summed E-state index contributed by atoms with van der Waals surface area (Å²) in [7, 11) is 0. The predicted octanol–water partition coefficient (Wildman–Crippen LogP) is 4.92. The van der Waals surface area contributed by atoms with Crippen LogP contribution in [0.3, 0.4) is 0 Å². The van der Waals surface area contributed by atoms with Crippen LogP contribution in [0.25, 0.3) is 0 Å². The van der Waals surface area contributed by atoms with E-state index in [9.17, 15) is 4.79 Å². The fraction of sp³-hybridized carbons (Fsp3) is 0.100. The lowest BCUT2D eigenvalue weighted by Crippen LogP contribution is -2.26. The van der Waals surface area contributed by atoms with E-state index in [1.807, 2.05) is 54.6 Å². The van der Waals surface area contributed by atoms with Crippen molar-refractivity contribution in [1.29, 1.82) is 0 Å². The van der Waals surface area contributed by atoms with Crippen molar-refractivity contribution >= 4 is 23.2 Å². The maximum atomic E-state index is 12.9. The summed E-state index contributed by atoms with van der Waals surface area (Å²) in [6.07, 6.45) is 2.20. The molecule has 25 heavy (non-hydrogen) atoms. The van der Waals surface area contributed by atoms with Gasteiger partial charge in [-0.2, -0.15) is 5.10 Å². The van der Waals surface area contributed by atoms with Crippen LogP contribution in [0.5, 0.6) is 0 Å². The molecular formula is C20H15ClN2O2. The minimum Gasteiger partial charge on any atom is -0.467 e. The molecule has 0 bridgehead atoms. The Balaban J connectivity index is 1.71. The molecule has 5 heteroatoms. The number of rotatable bonds is 3. The zero-order chi connectivity index (χ0) is 17.2. The smallest absolute Gasteiger partial charge is 0.274 e. The van der Waals surface area contributed by atoms with Crippen LogP contribution >= 0.6 is 11.6 Å². The second-order valence-corrected chi connectivity index (χ2v) is 6.24. The van der Waals surface area contributed by atoms with Crippen LogP contribution < -0.4 is 0 Å². The summed E-state index contributed by atoms with van der Waals surface area (Å²) in [6.45, 7) is 0. The number of furan rings is 1. The summed E-state index contributed by atoms with van der Waals surface area (Å²) in [5.74, 6) is 0.572. The van der Waals surface area contributed by atoms with Gasteiger partial charge < -0.3 is 4.42 Å². The fourth-order valence-corrected chi connectivity index (χ4v) is 3.06. The third-order valence-corrected chi connectivity index (χ3v) is 4.44. The van der Waals surface area contributed by atoms with E-state index in [2.05, 4.69) is 5.10 Å². The predicted molar refractivity (Wildman–Crippen MR) is 96.7 cm³/mol. The maximum Gasteiger partial charge on any atom is 0.274 e. The summed E-state index contributed by atoms with van der Waals surface area (Å²) in [5.41, 5.74) is 2.38. The van der Waals surface area contributed by atoms with E-state index in [0.717, 1.165) is 17.0 Å². The molecular weight excluding hydrogens is 336 g/mol. The number of carbonyl (C=O) groups is 1. The van der Waals surface area contributed by atoms with Crippen LogP contribution in [0.4, 0.5) is 0 Å². The van der Waals surface area contributed by atoms with E-state index in [0.29, 0.717) is 17.0 Å². The molecule has 1 aliphatic rings. The van der Waals surface area contributed by atoms with E-state index < -0.39 is 0 Å². The maximum absolute atomic E-state index is 12.9. The Labute approximate surface area is 150 Å². The normalized spacial score (nSPS) is 16.8. The van der Waals surface area contributed by atoms with Crippen LogP contribution in [-0.4, -0.2) is 16.6 Å². The third kappa shape index (κ3) is 3.08. The number of halogens is 1. The SMILES string of the molecule is O=C(c1ccccc1)N1N=C(c2ccc(Cl)cc2)CC1c1ccco1. The Bertz CT molecular complexity index is 903. The van der Waals surface area contributed by atoms with E-state index >= 15 is 0 Å². The van der Waals surface area contributed by atoms with E-state index in [-0.39, 0.29) is 11.9 Å². The van der Waals surface area contributed by atoms with Crippen molar-refractivity contribution in [2.75, 3.05) is 0 Å². The number of benzene rings is 2. The Morgan fingerprint density at radius 3 is 2.48 bits per heavy atom. The second kappa shape index (κ2) is 6.57. The first-order valence-electron chi connectivity index (χ1n) is 7.98. The van der Waals surface area contributed by atoms with Crippen LogP contribution in [0.1, 0.15) is 34.1 Å². The van der Waals surface area contributed by atoms with E-state index in [1.165, 1.54) is 5.01 Å². The van der Waals surface area contributed by atoms with Crippen molar-refractivity contribution < 1.29 is 9.21 Å². The molecule has 3 aromatic rings. The van der Waals surface area contributed by atoms with Crippen molar-refractivity contribution in [2.24, 2.45) is 5.10 Å². The minimum absolute atomic E-state index is 0.147. The number of carbonyl (C=O) groups excluding carboxylic acids is 1. The fourth-order valence-electron chi connectivity index (χ4n) is 2.93. The molecule has 0 spiro atoms. The second-order valence-electron chi connectivity index (χ2n) is 5.80. The zero-order valence-electron chi connectivity index (χ0n) is 13.3. The quantitative estimate of drug-likeness (QED) is 0.672. The summed E-state index contributed by atoms with van der Waals surface area (Å²) < 4.78 is 5.55. The molecule has 1 unspecified atom stereocenters. The lowest BCUT2D eigenvalue weighted by Gasteiger charge is -2.19. The Morgan fingerprint density at radius 1 is 1.04 bits per heavy atom. The van der Waals surface area contributed by atoms with Gasteiger partial charge in [0.2, 0.25) is 0 Å². The van der Waals surface area contributed by atoms with Gasteiger partial charge in [-0.25, -0.2) is 5.01 Å². The van der Waals surface area contributed by atoms with Gasteiger partial charge in [-0.1, -0.05) is 41.9 Å². The highest BCUT2D eigenvalue weighted by Crippen LogP contribution is 2.34. The molecule has 1 amide bonds. The minimum atomic E-state index is -0.256. The van der Waals surface area contributed by atoms with Crippen molar-refractivity contribution in [3.05, 3.63) is 94.9 Å². The highest BCUT2D eigenvalue weighted by atomic mass is 35.5. The molecule has 0 fully saturated rings. The van der Waals surface area contributed by atoms with Gasteiger partial charge in [0.25, 0.3) is 5.91 Å². The first-order chi connectivity index (χ1) is 12.2. The van der Waals surface area contributed by atoms with Gasteiger partial charge in [0.15, 0.2) is 0 Å². The number of nitrogens with zero attached hydrogens (tertiary/aromatic N) is 2. The summed E-state index contributed by atoms with van der Waals surface area (Å²) in [5, 5.41) is 6.78. The molecule has 0 N–H and O–H groups in total. The molecule has 1 aromatic heterocycles. The van der Waals surface area contributed by atoms with E-state index in [4.69, 9.17) is 16.0 Å². The summed E-state index contributed by atoms with van der Waals surface area (Å²) in [4.78, 5) is 12.9. The highest BCUT2D eigenvalue weighted by Gasteiger charge is 2.35. The largest absolute Gasteiger partial charge is 0.467 e. The van der Waals surface area contributed by atoms with Crippen molar-refractivity contribution in [1.82, 2.24) is 5.01 Å². The van der Waals surface area contributed by atoms with Gasteiger partial charge in [0, 0.05) is 17.0 Å². The van der Waals surface area contributed by atoms with Gasteiger partial charge in [-0.3, -0.25) is 4.79 Å². The molecule has 2 heterocycles. The van der Waals surface area contributed by atoms with Gasteiger partial charge in [-0.15, -0.1) is 0 Å². The van der Waals surface area contributed by atoms with Crippen molar-refractivity contribution in [3.8, 4) is 0 Å². The summed E-state index contributed by atoms with van der Waals surface area (Å²) in [6, 6.07) is 20.1. The number of amides is 1. The molecule has 2 aromatic carbocycles. The molecule has 0 saturated carbocycles. The average Bonchev–Trinajstić information content (AvgIpc) is 3.32. The highest BCUT2D eigenvalue weighted by molar-refractivity contribution is 6.30. The molecule has 1 aliphatic heterocycles. The molecule has 4 rings (SSSR count). The van der Waals surface area contributed by atoms with Gasteiger partial charge >= 0.3 is 0 Å². The lowest BCUT2D eigenvalue weighted by atomic mass is 10.0. The molecule has 0 aliphatic carbocycles. The van der Waals surface area contributed by atoms with Gasteiger partial charge in [0.05, 0.1) is 12.0 Å². The standard InChI is InChI=1S/C20H15ClN2O2/c21-16-10-8-14(9-11-16)17-13-18(19-7-4-12-25-19)23(22-17)20(24)15-5-2-1-3-6-15/h1-12,18H,13H2. The first kappa shape index (κ1) is 15.7. The Hall–Kier alpha value is -2.85. The third-order valence-electron chi connectivity index (χ3n) is 4.19. The summed E-state index contributed by atoms with van der Waals surface area (Å²) >= 11 is 5.97. The number of hydrazone groups is 1. The Kier molecular flexibility index (Phi) is 4.12. The first-order valence-corrected chi connectivity index (χ1v) is 8.35. The molecule has 4 nitrogen and oxygen atoms in total. The number of hydrogen-bond acceptors (Lipinski definition) is 3. The molecule has 0 radical (unpaired) electrons. The zero-order valence-corrected chi connectivity index (χ0v) is 14.1. The van der Waals surface area contributed by atoms with Crippen molar-refractivity contribution in [2.45, 2.75) is 12.5 Å². The number of hydrogen-bond donors (Lipinski definition) is 0. The van der Waals surface area contributed by atoms with Crippen LogP contribution in [-0.2, 0) is 0 Å².